The van der Waals surface area contributed by atoms with Crippen LogP contribution in [0.3, 0.4) is 0 Å². The molecule has 0 atom stereocenters. The first-order valence-electron chi connectivity index (χ1n) is 3.77. The van der Waals surface area contributed by atoms with Crippen molar-refractivity contribution in [3.63, 3.8) is 0 Å². The van der Waals surface area contributed by atoms with Gasteiger partial charge in [-0.2, -0.15) is 0 Å². The van der Waals surface area contributed by atoms with Crippen LogP contribution >= 0.6 is 23.4 Å². The van der Waals surface area contributed by atoms with Gasteiger partial charge in [0.2, 0.25) is 0 Å². The molecule has 4 N–H and O–H groups in total. The van der Waals surface area contributed by atoms with Crippen molar-refractivity contribution in [3.05, 3.63) is 29.8 Å². The Morgan fingerprint density at radius 2 is 2.08 bits per heavy atom. The van der Waals surface area contributed by atoms with Crippen LogP contribution in [0, 0.1) is 0 Å². The first kappa shape index (κ1) is 10.3. The fraction of sp³-hybridized carbons (Fsp3) is 0.111. The molecule has 1 aromatic carbocycles. The lowest BCUT2D eigenvalue weighted by atomic mass is 10.3. The summed E-state index contributed by atoms with van der Waals surface area (Å²) in [6.45, 7) is 0. The Kier molecular flexibility index (Phi) is 3.99. The van der Waals surface area contributed by atoms with Gasteiger partial charge in [0, 0.05) is 16.2 Å². The van der Waals surface area contributed by atoms with E-state index in [1.54, 1.807) is 11.8 Å². The van der Waals surface area contributed by atoms with Gasteiger partial charge in [0.25, 0.3) is 0 Å². The number of halogens is 1. The molecule has 13 heavy (non-hydrogen) atoms. The SMILES string of the molecule is Nc1ccc(SC/C=C/Cl)cc1N. The number of nitrogen functional groups attached to an aromatic ring is 2. The van der Waals surface area contributed by atoms with Crippen molar-refractivity contribution in [3.8, 4) is 0 Å². The van der Waals surface area contributed by atoms with Crippen LogP contribution in [0.25, 0.3) is 0 Å². The molecule has 0 radical (unpaired) electrons. The van der Waals surface area contributed by atoms with E-state index >= 15 is 0 Å². The maximum Gasteiger partial charge on any atom is 0.0559 e. The molecule has 1 rings (SSSR count). The van der Waals surface area contributed by atoms with Crippen molar-refractivity contribution in [1.82, 2.24) is 0 Å². The maximum atomic E-state index is 5.64. The largest absolute Gasteiger partial charge is 0.397 e. The van der Waals surface area contributed by atoms with E-state index in [9.17, 15) is 0 Å². The van der Waals surface area contributed by atoms with E-state index < -0.39 is 0 Å². The van der Waals surface area contributed by atoms with Crippen LogP contribution < -0.4 is 11.5 Å². The molecule has 70 valence electrons. The first-order valence-corrected chi connectivity index (χ1v) is 5.19. The third-order valence-corrected chi connectivity index (χ3v) is 2.62. The van der Waals surface area contributed by atoms with Crippen molar-refractivity contribution in [2.24, 2.45) is 0 Å². The Hall–Kier alpha value is -0.800. The van der Waals surface area contributed by atoms with Crippen LogP contribution in [0.4, 0.5) is 11.4 Å². The van der Waals surface area contributed by atoms with Crippen LogP contribution in [0.5, 0.6) is 0 Å². The van der Waals surface area contributed by atoms with Crippen molar-refractivity contribution in [2.75, 3.05) is 17.2 Å². The third kappa shape index (κ3) is 3.20. The van der Waals surface area contributed by atoms with Gasteiger partial charge < -0.3 is 11.5 Å². The second-order valence-corrected chi connectivity index (χ2v) is 3.81. The average Bonchev–Trinajstić information content (AvgIpc) is 2.12. The van der Waals surface area contributed by atoms with Crippen molar-refractivity contribution in [1.29, 1.82) is 0 Å². The Balaban J connectivity index is 2.63. The standard InChI is InChI=1S/C9H11ClN2S/c10-4-1-5-13-7-2-3-8(11)9(12)6-7/h1-4,6H,5,11-12H2/b4-1+. The summed E-state index contributed by atoms with van der Waals surface area (Å²) >= 11 is 7.05. The van der Waals surface area contributed by atoms with Gasteiger partial charge in [-0.3, -0.25) is 0 Å². The molecule has 0 amide bonds. The fourth-order valence-electron chi connectivity index (χ4n) is 0.823. The number of anilines is 2. The molecule has 0 saturated carbocycles. The van der Waals surface area contributed by atoms with Gasteiger partial charge in [-0.1, -0.05) is 17.7 Å². The van der Waals surface area contributed by atoms with Gasteiger partial charge in [0.1, 0.15) is 0 Å². The molecule has 0 bridgehead atoms. The van der Waals surface area contributed by atoms with Gasteiger partial charge in [0.15, 0.2) is 0 Å². The van der Waals surface area contributed by atoms with E-state index in [4.69, 9.17) is 23.1 Å². The Morgan fingerprint density at radius 1 is 1.31 bits per heavy atom. The maximum absolute atomic E-state index is 5.64. The van der Waals surface area contributed by atoms with Crippen LogP contribution in [-0.2, 0) is 0 Å². The molecule has 0 saturated heterocycles. The van der Waals surface area contributed by atoms with E-state index in [-0.39, 0.29) is 0 Å². The quantitative estimate of drug-likeness (QED) is 0.601. The molecule has 0 heterocycles. The van der Waals surface area contributed by atoms with Gasteiger partial charge in [0.05, 0.1) is 11.4 Å². The number of nitrogens with two attached hydrogens (primary N) is 2. The zero-order valence-electron chi connectivity index (χ0n) is 7.03. The minimum atomic E-state index is 0.622. The summed E-state index contributed by atoms with van der Waals surface area (Å²) in [4.78, 5) is 1.10. The molecule has 0 aliphatic heterocycles. The van der Waals surface area contributed by atoms with E-state index in [0.29, 0.717) is 11.4 Å². The highest BCUT2D eigenvalue weighted by atomic mass is 35.5. The van der Waals surface area contributed by atoms with E-state index in [1.807, 2.05) is 24.3 Å². The lowest BCUT2D eigenvalue weighted by molar-refractivity contribution is 1.46. The van der Waals surface area contributed by atoms with Crippen LogP contribution in [-0.4, -0.2) is 5.75 Å². The van der Waals surface area contributed by atoms with Gasteiger partial charge in [-0.05, 0) is 18.2 Å². The first-order chi connectivity index (χ1) is 6.24. The lowest BCUT2D eigenvalue weighted by Crippen LogP contribution is -1.93. The van der Waals surface area contributed by atoms with Crippen molar-refractivity contribution >= 4 is 34.7 Å². The van der Waals surface area contributed by atoms with E-state index in [2.05, 4.69) is 0 Å². The number of hydrogen-bond donors (Lipinski definition) is 2. The molecular formula is C9H11ClN2S. The monoisotopic (exact) mass is 214 g/mol. The molecule has 0 aliphatic rings. The molecular weight excluding hydrogens is 204 g/mol. The van der Waals surface area contributed by atoms with Gasteiger partial charge >= 0.3 is 0 Å². The highest BCUT2D eigenvalue weighted by Gasteiger charge is 1.96. The Labute approximate surface area is 86.9 Å². The summed E-state index contributed by atoms with van der Waals surface area (Å²) < 4.78 is 0. The van der Waals surface area contributed by atoms with Crippen LogP contribution in [0.15, 0.2) is 34.7 Å². The van der Waals surface area contributed by atoms with Crippen LogP contribution in [0.1, 0.15) is 0 Å². The molecule has 4 heteroatoms. The normalized spacial score (nSPS) is 10.8. The molecule has 0 spiro atoms. The van der Waals surface area contributed by atoms with Crippen molar-refractivity contribution < 1.29 is 0 Å². The number of benzene rings is 1. The lowest BCUT2D eigenvalue weighted by Gasteiger charge is -2.02. The molecule has 0 aliphatic carbocycles. The van der Waals surface area contributed by atoms with E-state index in [1.165, 1.54) is 5.54 Å². The molecule has 0 fully saturated rings. The Morgan fingerprint density at radius 3 is 2.69 bits per heavy atom. The second-order valence-electron chi connectivity index (χ2n) is 2.46. The third-order valence-electron chi connectivity index (χ3n) is 1.49. The van der Waals surface area contributed by atoms with Gasteiger partial charge in [-0.15, -0.1) is 11.8 Å². The molecule has 0 unspecified atom stereocenters. The average molecular weight is 215 g/mol. The second kappa shape index (κ2) is 5.04. The van der Waals surface area contributed by atoms with Gasteiger partial charge in [-0.25, -0.2) is 0 Å². The molecule has 0 aromatic heterocycles. The Bertz CT molecular complexity index is 312. The van der Waals surface area contributed by atoms with E-state index in [0.717, 1.165) is 10.6 Å². The summed E-state index contributed by atoms with van der Waals surface area (Å²) in [6, 6.07) is 5.61. The number of hydrogen-bond acceptors (Lipinski definition) is 3. The predicted molar refractivity (Wildman–Crippen MR) is 61.0 cm³/mol. The zero-order chi connectivity index (χ0) is 9.68. The number of thioether (sulfide) groups is 1. The summed E-state index contributed by atoms with van der Waals surface area (Å²) in [5.41, 5.74) is 14.0. The van der Waals surface area contributed by atoms with Crippen molar-refractivity contribution in [2.45, 2.75) is 4.90 Å². The minimum absolute atomic E-state index is 0.622. The molecule has 2 nitrogen and oxygen atoms in total. The summed E-state index contributed by atoms with van der Waals surface area (Å²) in [6.07, 6.45) is 1.87. The predicted octanol–water partition coefficient (Wildman–Crippen LogP) is 2.70. The fourth-order valence-corrected chi connectivity index (χ4v) is 1.78. The number of rotatable bonds is 3. The summed E-state index contributed by atoms with van der Waals surface area (Å²) in [7, 11) is 0. The highest BCUT2D eigenvalue weighted by molar-refractivity contribution is 7.99. The summed E-state index contributed by atoms with van der Waals surface area (Å²) in [5, 5.41) is 0. The zero-order valence-corrected chi connectivity index (χ0v) is 8.61. The molecule has 1 aromatic rings. The summed E-state index contributed by atoms with van der Waals surface area (Å²) in [5.74, 6) is 0.840. The van der Waals surface area contributed by atoms with Crippen LogP contribution in [0.2, 0.25) is 0 Å². The topological polar surface area (TPSA) is 52.0 Å². The minimum Gasteiger partial charge on any atom is -0.397 e. The smallest absolute Gasteiger partial charge is 0.0559 e. The highest BCUT2D eigenvalue weighted by Crippen LogP contribution is 2.24.